The van der Waals surface area contributed by atoms with Crippen LogP contribution in [-0.2, 0) is 9.47 Å². The van der Waals surface area contributed by atoms with E-state index in [9.17, 15) is 0 Å². The third kappa shape index (κ3) is 5.29. The van der Waals surface area contributed by atoms with Gasteiger partial charge in [-0.25, -0.2) is 9.97 Å². The molecule has 3 rings (SSSR count). The largest absolute Gasteiger partial charge is 0.368 e. The summed E-state index contributed by atoms with van der Waals surface area (Å²) >= 11 is 0. The number of fused-ring (bicyclic) bond motifs is 1. The Morgan fingerprint density at radius 2 is 1.71 bits per heavy atom. The molecular weight excluding hydrogens is 350 g/mol. The van der Waals surface area contributed by atoms with Gasteiger partial charge in [-0.3, -0.25) is 0 Å². The number of nitrogens with zero attached hydrogens (tertiary/aromatic N) is 2. The molecule has 0 radical (unpaired) electrons. The van der Waals surface area contributed by atoms with Gasteiger partial charge in [-0.2, -0.15) is 0 Å². The van der Waals surface area contributed by atoms with Crippen LogP contribution in [0.3, 0.4) is 0 Å². The molecule has 0 bridgehead atoms. The standard InChI is InChI=1S/C23H25N3O2/c1-3-27-23(28-4-2)19-14-12-18(13-15-19)9-7-8-16-24-22-20-10-5-6-11-21(20)25-17-26-22/h5-6,10-15,17,23H,3-4,8,16H2,1-2H3,(H,24,25,26). The summed E-state index contributed by atoms with van der Waals surface area (Å²) in [5.41, 5.74) is 2.91. The molecule has 28 heavy (non-hydrogen) atoms. The van der Waals surface area contributed by atoms with Crippen LogP contribution in [0.15, 0.2) is 54.9 Å². The van der Waals surface area contributed by atoms with Crippen molar-refractivity contribution in [2.24, 2.45) is 0 Å². The van der Waals surface area contributed by atoms with Crippen molar-refractivity contribution in [2.75, 3.05) is 25.1 Å². The molecule has 0 atom stereocenters. The maximum atomic E-state index is 5.62. The fourth-order valence-corrected chi connectivity index (χ4v) is 2.82. The molecule has 5 heteroatoms. The Morgan fingerprint density at radius 1 is 0.964 bits per heavy atom. The molecule has 0 saturated carbocycles. The van der Waals surface area contributed by atoms with Crippen LogP contribution in [0.5, 0.6) is 0 Å². The number of hydrogen-bond donors (Lipinski definition) is 1. The van der Waals surface area contributed by atoms with Gasteiger partial charge in [-0.15, -0.1) is 0 Å². The molecule has 3 aromatic rings. The molecule has 0 unspecified atom stereocenters. The van der Waals surface area contributed by atoms with Gasteiger partial charge in [0.15, 0.2) is 6.29 Å². The average Bonchev–Trinajstić information content (AvgIpc) is 2.74. The predicted molar refractivity (Wildman–Crippen MR) is 112 cm³/mol. The minimum Gasteiger partial charge on any atom is -0.368 e. The van der Waals surface area contributed by atoms with E-state index in [1.165, 1.54) is 0 Å². The third-order valence-corrected chi connectivity index (χ3v) is 4.14. The normalized spacial score (nSPS) is 10.7. The minimum atomic E-state index is -0.316. The molecule has 0 spiro atoms. The lowest BCUT2D eigenvalue weighted by Crippen LogP contribution is -2.08. The van der Waals surface area contributed by atoms with Gasteiger partial charge in [-0.05, 0) is 38.1 Å². The van der Waals surface area contributed by atoms with Crippen LogP contribution in [0.25, 0.3) is 10.9 Å². The lowest BCUT2D eigenvalue weighted by Gasteiger charge is -2.17. The maximum Gasteiger partial charge on any atom is 0.183 e. The monoisotopic (exact) mass is 375 g/mol. The van der Waals surface area contributed by atoms with Crippen molar-refractivity contribution < 1.29 is 9.47 Å². The smallest absolute Gasteiger partial charge is 0.183 e. The topological polar surface area (TPSA) is 56.3 Å². The predicted octanol–water partition coefficient (Wildman–Crippen LogP) is 4.56. The Hall–Kier alpha value is -2.94. The highest BCUT2D eigenvalue weighted by atomic mass is 16.7. The Kier molecular flexibility index (Phi) is 7.36. The van der Waals surface area contributed by atoms with Gasteiger partial charge in [0.25, 0.3) is 0 Å². The number of para-hydroxylation sites is 1. The van der Waals surface area contributed by atoms with Crippen LogP contribution in [-0.4, -0.2) is 29.7 Å². The van der Waals surface area contributed by atoms with Crippen molar-refractivity contribution in [3.63, 3.8) is 0 Å². The number of aromatic nitrogens is 2. The zero-order valence-corrected chi connectivity index (χ0v) is 16.3. The van der Waals surface area contributed by atoms with Gasteiger partial charge in [0.2, 0.25) is 0 Å². The van der Waals surface area contributed by atoms with Gasteiger partial charge in [0.1, 0.15) is 12.1 Å². The molecule has 0 amide bonds. The lowest BCUT2D eigenvalue weighted by atomic mass is 10.1. The Balaban J connectivity index is 1.54. The van der Waals surface area contributed by atoms with Gasteiger partial charge in [0.05, 0.1) is 5.52 Å². The van der Waals surface area contributed by atoms with Gasteiger partial charge in [-0.1, -0.05) is 36.1 Å². The van der Waals surface area contributed by atoms with Crippen LogP contribution < -0.4 is 5.32 Å². The first-order valence-corrected chi connectivity index (χ1v) is 9.57. The first-order chi connectivity index (χ1) is 13.8. The number of ether oxygens (including phenoxy) is 2. The van der Waals surface area contributed by atoms with E-state index in [2.05, 4.69) is 27.1 Å². The van der Waals surface area contributed by atoms with E-state index in [0.29, 0.717) is 13.2 Å². The number of benzene rings is 2. The molecule has 2 aromatic carbocycles. The number of hydrogen-bond acceptors (Lipinski definition) is 5. The van der Waals surface area contributed by atoms with Crippen LogP contribution in [0, 0.1) is 11.8 Å². The van der Waals surface area contributed by atoms with Crippen molar-refractivity contribution in [2.45, 2.75) is 26.6 Å². The van der Waals surface area contributed by atoms with Crippen LogP contribution in [0.1, 0.15) is 37.7 Å². The van der Waals surface area contributed by atoms with E-state index in [1.807, 2.05) is 62.4 Å². The zero-order valence-electron chi connectivity index (χ0n) is 16.3. The van der Waals surface area contributed by atoms with Crippen LogP contribution in [0.2, 0.25) is 0 Å². The zero-order chi connectivity index (χ0) is 19.6. The molecular formula is C23H25N3O2. The lowest BCUT2D eigenvalue weighted by molar-refractivity contribution is -0.140. The van der Waals surface area contributed by atoms with Crippen LogP contribution in [0.4, 0.5) is 5.82 Å². The molecule has 1 N–H and O–H groups in total. The minimum absolute atomic E-state index is 0.316. The summed E-state index contributed by atoms with van der Waals surface area (Å²) < 4.78 is 11.2. The molecule has 0 aliphatic heterocycles. The second kappa shape index (κ2) is 10.4. The first kappa shape index (κ1) is 19.8. The Morgan fingerprint density at radius 3 is 2.46 bits per heavy atom. The Labute approximate surface area is 166 Å². The molecule has 0 saturated heterocycles. The fourth-order valence-electron chi connectivity index (χ4n) is 2.82. The quantitative estimate of drug-likeness (QED) is 0.355. The number of rotatable bonds is 8. The second-order valence-electron chi connectivity index (χ2n) is 6.08. The summed E-state index contributed by atoms with van der Waals surface area (Å²) in [5.74, 6) is 7.24. The highest BCUT2D eigenvalue weighted by molar-refractivity contribution is 5.88. The molecule has 5 nitrogen and oxygen atoms in total. The molecule has 0 fully saturated rings. The van der Waals surface area contributed by atoms with Crippen molar-refractivity contribution >= 4 is 16.7 Å². The summed E-state index contributed by atoms with van der Waals surface area (Å²) in [6.07, 6.45) is 1.99. The van der Waals surface area contributed by atoms with Crippen LogP contribution >= 0.6 is 0 Å². The fraction of sp³-hybridized carbons (Fsp3) is 0.304. The Bertz CT molecular complexity index is 934. The van der Waals surface area contributed by atoms with E-state index in [-0.39, 0.29) is 6.29 Å². The van der Waals surface area contributed by atoms with E-state index < -0.39 is 0 Å². The second-order valence-corrected chi connectivity index (χ2v) is 6.08. The molecule has 144 valence electrons. The summed E-state index contributed by atoms with van der Waals surface area (Å²) in [6.45, 7) is 5.87. The molecule has 1 heterocycles. The summed E-state index contributed by atoms with van der Waals surface area (Å²) in [4.78, 5) is 8.60. The highest BCUT2D eigenvalue weighted by Gasteiger charge is 2.10. The molecule has 0 aliphatic carbocycles. The van der Waals surface area contributed by atoms with Crippen molar-refractivity contribution in [3.05, 3.63) is 66.0 Å². The van der Waals surface area contributed by atoms with Gasteiger partial charge >= 0.3 is 0 Å². The summed E-state index contributed by atoms with van der Waals surface area (Å²) in [7, 11) is 0. The average molecular weight is 375 g/mol. The van der Waals surface area contributed by atoms with E-state index in [1.54, 1.807) is 6.33 Å². The van der Waals surface area contributed by atoms with Gasteiger partial charge in [0, 0.05) is 42.7 Å². The third-order valence-electron chi connectivity index (χ3n) is 4.14. The summed E-state index contributed by atoms with van der Waals surface area (Å²) in [6, 6.07) is 16.0. The number of anilines is 1. The van der Waals surface area contributed by atoms with Crippen molar-refractivity contribution in [3.8, 4) is 11.8 Å². The highest BCUT2D eigenvalue weighted by Crippen LogP contribution is 2.19. The SMILES string of the molecule is CCOC(OCC)c1ccc(C#CCCNc2ncnc3ccccc23)cc1. The van der Waals surface area contributed by atoms with E-state index >= 15 is 0 Å². The summed E-state index contributed by atoms with van der Waals surface area (Å²) in [5, 5.41) is 4.36. The van der Waals surface area contributed by atoms with Crippen molar-refractivity contribution in [1.82, 2.24) is 9.97 Å². The molecule has 1 aromatic heterocycles. The maximum absolute atomic E-state index is 5.62. The van der Waals surface area contributed by atoms with Crippen molar-refractivity contribution in [1.29, 1.82) is 0 Å². The number of nitrogens with one attached hydrogen (secondary N) is 1. The first-order valence-electron chi connectivity index (χ1n) is 9.57. The van der Waals surface area contributed by atoms with E-state index in [4.69, 9.17) is 9.47 Å². The van der Waals surface area contributed by atoms with E-state index in [0.717, 1.165) is 40.8 Å². The van der Waals surface area contributed by atoms with Gasteiger partial charge < -0.3 is 14.8 Å². The molecule has 0 aliphatic rings.